The van der Waals surface area contributed by atoms with Crippen molar-refractivity contribution >= 4 is 16.8 Å². The normalized spacial score (nSPS) is 43.5. The summed E-state index contributed by atoms with van der Waals surface area (Å²) in [6.07, 6.45) is 14.2. The molecule has 2 aromatic heterocycles. The number of pyridine rings is 1. The predicted molar refractivity (Wildman–Crippen MR) is 124 cm³/mol. The minimum absolute atomic E-state index is 0.149. The minimum Gasteiger partial charge on any atom is -0.390 e. The van der Waals surface area contributed by atoms with Gasteiger partial charge in [-0.1, -0.05) is 6.92 Å². The molecule has 0 aromatic carbocycles. The van der Waals surface area contributed by atoms with E-state index < -0.39 is 5.60 Å². The van der Waals surface area contributed by atoms with E-state index in [1.54, 1.807) is 10.9 Å². The lowest BCUT2D eigenvalue weighted by Crippen LogP contribution is -2.51. The van der Waals surface area contributed by atoms with E-state index in [2.05, 4.69) is 17.0 Å². The van der Waals surface area contributed by atoms with Crippen LogP contribution < -0.4 is 0 Å². The zero-order valence-corrected chi connectivity index (χ0v) is 19.5. The molecule has 5 heteroatoms. The van der Waals surface area contributed by atoms with E-state index in [4.69, 9.17) is 0 Å². The maximum atomic E-state index is 13.5. The van der Waals surface area contributed by atoms with Crippen LogP contribution in [0.5, 0.6) is 0 Å². The molecule has 4 aliphatic carbocycles. The number of rotatable bonds is 3. The summed E-state index contributed by atoms with van der Waals surface area (Å²) in [5.41, 5.74) is 1.42. The molecule has 2 aromatic rings. The van der Waals surface area contributed by atoms with Crippen LogP contribution in [0.2, 0.25) is 0 Å². The third kappa shape index (κ3) is 3.26. The molecule has 6 rings (SSSR count). The predicted octanol–water partition coefficient (Wildman–Crippen LogP) is 5.02. The zero-order valence-electron chi connectivity index (χ0n) is 19.5. The van der Waals surface area contributed by atoms with Crippen molar-refractivity contribution in [2.75, 3.05) is 0 Å². The third-order valence-electron chi connectivity index (χ3n) is 10.3. The van der Waals surface area contributed by atoms with Crippen molar-refractivity contribution in [2.45, 2.75) is 83.8 Å². The zero-order chi connectivity index (χ0) is 22.1. The molecule has 0 bridgehead atoms. The minimum atomic E-state index is -0.450. The molecule has 4 saturated carbocycles. The molecule has 1 N–H and O–H groups in total. The number of hydrogen-bond acceptors (Lipinski definition) is 4. The van der Waals surface area contributed by atoms with E-state index in [0.29, 0.717) is 24.2 Å². The van der Waals surface area contributed by atoms with E-state index in [1.807, 2.05) is 25.3 Å². The van der Waals surface area contributed by atoms with Crippen LogP contribution in [-0.4, -0.2) is 31.3 Å². The Morgan fingerprint density at radius 2 is 1.91 bits per heavy atom. The van der Waals surface area contributed by atoms with Crippen molar-refractivity contribution in [1.82, 2.24) is 14.8 Å². The molecule has 32 heavy (non-hydrogen) atoms. The first-order valence-electron chi connectivity index (χ1n) is 12.9. The first-order chi connectivity index (χ1) is 15.3. The van der Waals surface area contributed by atoms with Gasteiger partial charge in [-0.05, 0) is 112 Å². The molecular formula is C27H37N3O2. The van der Waals surface area contributed by atoms with E-state index in [-0.39, 0.29) is 11.3 Å². The molecule has 172 valence electrons. The summed E-state index contributed by atoms with van der Waals surface area (Å²) >= 11 is 0. The molecular weight excluding hydrogens is 398 g/mol. The molecule has 5 nitrogen and oxygen atoms in total. The average Bonchev–Trinajstić information content (AvgIpc) is 3.32. The van der Waals surface area contributed by atoms with Crippen molar-refractivity contribution < 1.29 is 9.90 Å². The van der Waals surface area contributed by atoms with Gasteiger partial charge < -0.3 is 5.11 Å². The summed E-state index contributed by atoms with van der Waals surface area (Å²) < 4.78 is 1.81. The number of Topliss-reactive ketones (excluding diaryl/α,β-unsaturated/α-hetero) is 1. The van der Waals surface area contributed by atoms with E-state index >= 15 is 0 Å². The number of carbonyl (C=O) groups excluding carboxylic acids is 1. The van der Waals surface area contributed by atoms with Crippen LogP contribution in [-0.2, 0) is 11.3 Å². The van der Waals surface area contributed by atoms with Gasteiger partial charge in [0.15, 0.2) is 5.78 Å². The van der Waals surface area contributed by atoms with Gasteiger partial charge in [0.1, 0.15) is 11.0 Å². The largest absolute Gasteiger partial charge is 0.390 e. The van der Waals surface area contributed by atoms with Crippen LogP contribution in [0.25, 0.3) is 11.0 Å². The number of carbonyl (C=O) groups is 1. The first-order valence-corrected chi connectivity index (χ1v) is 12.9. The van der Waals surface area contributed by atoms with Gasteiger partial charge >= 0.3 is 0 Å². The number of nitrogens with zero attached hydrogens (tertiary/aromatic N) is 3. The van der Waals surface area contributed by atoms with Crippen LogP contribution in [0.3, 0.4) is 0 Å². The lowest BCUT2D eigenvalue weighted by molar-refractivity contribution is -0.133. The van der Waals surface area contributed by atoms with Crippen LogP contribution >= 0.6 is 0 Å². The SMILES string of the molecule is C[C@@]1(O)CC[C@H]2C(CC[C@@H]3[C@@H]2CC[C@]2(C)[C@@H](C(=O)Cn4cc5ncccc5n4)CC[C@@H]32)C1. The number of ketones is 1. The third-order valence-corrected chi connectivity index (χ3v) is 10.3. The molecule has 0 radical (unpaired) electrons. The summed E-state index contributed by atoms with van der Waals surface area (Å²) in [5.74, 6) is 4.34. The lowest BCUT2D eigenvalue weighted by atomic mass is 9.49. The van der Waals surface area contributed by atoms with Gasteiger partial charge in [0.05, 0.1) is 18.3 Å². The van der Waals surface area contributed by atoms with E-state index in [0.717, 1.165) is 48.0 Å². The second-order valence-corrected chi connectivity index (χ2v) is 12.1. The van der Waals surface area contributed by atoms with Crippen molar-refractivity contribution in [3.8, 4) is 0 Å². The van der Waals surface area contributed by atoms with Gasteiger partial charge in [-0.2, -0.15) is 5.10 Å². The fourth-order valence-electron chi connectivity index (χ4n) is 8.86. The topological polar surface area (TPSA) is 68.0 Å². The van der Waals surface area contributed by atoms with Crippen LogP contribution in [0, 0.1) is 40.9 Å². The quantitative estimate of drug-likeness (QED) is 0.735. The average molecular weight is 436 g/mol. The van der Waals surface area contributed by atoms with Crippen LogP contribution in [0.4, 0.5) is 0 Å². The van der Waals surface area contributed by atoms with Crippen molar-refractivity contribution in [3.05, 3.63) is 24.5 Å². The summed E-state index contributed by atoms with van der Waals surface area (Å²) in [7, 11) is 0. The maximum absolute atomic E-state index is 13.5. The fraction of sp³-hybridized carbons (Fsp3) is 0.741. The second kappa shape index (κ2) is 7.38. The summed E-state index contributed by atoms with van der Waals surface area (Å²) in [6.45, 7) is 4.85. The summed E-state index contributed by atoms with van der Waals surface area (Å²) in [5, 5.41) is 15.2. The molecule has 2 heterocycles. The fourth-order valence-corrected chi connectivity index (χ4v) is 8.86. The lowest BCUT2D eigenvalue weighted by Gasteiger charge is -2.56. The molecule has 4 aliphatic rings. The number of aliphatic hydroxyl groups is 1. The Bertz CT molecular complexity index is 996. The van der Waals surface area contributed by atoms with Gasteiger partial charge in [-0.15, -0.1) is 0 Å². The number of fused-ring (bicyclic) bond motifs is 6. The highest BCUT2D eigenvalue weighted by Crippen LogP contribution is 2.64. The summed E-state index contributed by atoms with van der Waals surface area (Å²) in [4.78, 5) is 17.9. The summed E-state index contributed by atoms with van der Waals surface area (Å²) in [6, 6.07) is 3.85. The highest BCUT2D eigenvalue weighted by molar-refractivity contribution is 5.82. The van der Waals surface area contributed by atoms with Crippen molar-refractivity contribution in [1.29, 1.82) is 0 Å². The van der Waals surface area contributed by atoms with Gasteiger partial charge in [-0.25, -0.2) is 0 Å². The molecule has 0 saturated heterocycles. The smallest absolute Gasteiger partial charge is 0.157 e. The number of hydrogen-bond donors (Lipinski definition) is 1. The first kappa shape index (κ1) is 20.8. The second-order valence-electron chi connectivity index (χ2n) is 12.1. The Morgan fingerprint density at radius 3 is 2.75 bits per heavy atom. The van der Waals surface area contributed by atoms with Crippen molar-refractivity contribution in [3.63, 3.8) is 0 Å². The Hall–Kier alpha value is -1.75. The Morgan fingerprint density at radius 1 is 1.06 bits per heavy atom. The van der Waals surface area contributed by atoms with Crippen molar-refractivity contribution in [2.24, 2.45) is 40.9 Å². The maximum Gasteiger partial charge on any atom is 0.157 e. The molecule has 4 fully saturated rings. The standard InChI is InChI=1S/C27H37N3O2/c1-26(32)11-9-18-17(14-26)5-6-20-19(18)10-12-27(2)21(20)7-8-22(27)25(31)16-30-15-24-23(29-30)4-3-13-28-24/h3-4,13,15,17-22,32H,5-12,14,16H2,1-2H3/t17?,18-,19+,20+,21-,22+,26+,27-/m0/s1. The Kier molecular flexibility index (Phi) is 4.80. The van der Waals surface area contributed by atoms with Gasteiger partial charge in [0.2, 0.25) is 0 Å². The molecule has 0 aliphatic heterocycles. The van der Waals surface area contributed by atoms with Gasteiger partial charge in [0, 0.05) is 12.1 Å². The highest BCUT2D eigenvalue weighted by Gasteiger charge is 2.58. The monoisotopic (exact) mass is 435 g/mol. The van der Waals surface area contributed by atoms with E-state index in [9.17, 15) is 9.90 Å². The van der Waals surface area contributed by atoms with Gasteiger partial charge in [0.25, 0.3) is 0 Å². The van der Waals surface area contributed by atoms with Crippen LogP contribution in [0.15, 0.2) is 24.5 Å². The Balaban J connectivity index is 1.18. The van der Waals surface area contributed by atoms with Gasteiger partial charge in [-0.3, -0.25) is 14.5 Å². The number of aromatic nitrogens is 3. The van der Waals surface area contributed by atoms with Crippen LogP contribution in [0.1, 0.15) is 71.6 Å². The Labute approximate surface area is 191 Å². The molecule has 8 atom stereocenters. The van der Waals surface area contributed by atoms with E-state index in [1.165, 1.54) is 38.5 Å². The molecule has 0 spiro atoms. The molecule has 0 amide bonds. The highest BCUT2D eigenvalue weighted by atomic mass is 16.3. The molecule has 1 unspecified atom stereocenters.